The second kappa shape index (κ2) is 10.6. The number of carboxylic acids is 1. The number of hydrogen-bond donors (Lipinski definition) is 3. The highest BCUT2D eigenvalue weighted by Crippen LogP contribution is 2.47. The van der Waals surface area contributed by atoms with Crippen LogP contribution < -0.4 is 14.8 Å². The molecule has 4 aromatic rings. The number of carbonyl (C=O) groups excluding carboxylic acids is 1. The highest BCUT2D eigenvalue weighted by Gasteiger charge is 2.30. The average Bonchev–Trinajstić information content (AvgIpc) is 3.17. The van der Waals surface area contributed by atoms with E-state index in [2.05, 4.69) is 16.0 Å². The van der Waals surface area contributed by atoms with Crippen molar-refractivity contribution in [2.24, 2.45) is 0 Å². The smallest absolute Gasteiger partial charge is 0.330 e. The molecule has 1 aliphatic carbocycles. The fourth-order valence-electron chi connectivity index (χ4n) is 6.21. The van der Waals surface area contributed by atoms with E-state index in [-0.39, 0.29) is 5.75 Å². The topological polar surface area (TPSA) is 110 Å². The number of hydrogen-bond acceptors (Lipinski definition) is 5. The largest absolute Gasteiger partial charge is 0.508 e. The van der Waals surface area contributed by atoms with Gasteiger partial charge in [-0.2, -0.15) is 0 Å². The van der Waals surface area contributed by atoms with Gasteiger partial charge in [-0.15, -0.1) is 0 Å². The molecule has 1 fully saturated rings. The predicted octanol–water partition coefficient (Wildman–Crippen LogP) is 6.02. The first kappa shape index (κ1) is 25.8. The number of carboxylic acid groups (broad SMARTS) is 1. The molecule has 8 nitrogen and oxygen atoms in total. The summed E-state index contributed by atoms with van der Waals surface area (Å²) in [5.41, 5.74) is 5.13. The number of nitrogens with zero attached hydrogens (tertiary/aromatic N) is 1. The molecule has 0 saturated heterocycles. The Labute approximate surface area is 232 Å². The lowest BCUT2D eigenvalue weighted by atomic mass is 9.81. The standard InChI is InChI=1S/C32H32N2O6/c1-39-23-12-14-25-27(18-23)40-16-15-34-26-17-21(9-13-24(26)28(30(25)34)19-5-3-2-4-6-19)31(36)33-29(32(37)38)20-7-10-22(35)11-8-20/h7-14,17-19,29,35H,2-6,15-16H2,1H3,(H,33,36)(H,37,38)/t29-/m0/s1. The zero-order valence-electron chi connectivity index (χ0n) is 22.4. The summed E-state index contributed by atoms with van der Waals surface area (Å²) in [5, 5.41) is 23.2. The summed E-state index contributed by atoms with van der Waals surface area (Å²) < 4.78 is 13.9. The second-order valence-corrected chi connectivity index (χ2v) is 10.5. The van der Waals surface area contributed by atoms with Crippen molar-refractivity contribution in [2.75, 3.05) is 13.7 Å². The van der Waals surface area contributed by atoms with Crippen LogP contribution >= 0.6 is 0 Å². The summed E-state index contributed by atoms with van der Waals surface area (Å²) in [5.74, 6) is 0.298. The van der Waals surface area contributed by atoms with Crippen LogP contribution in [0.15, 0.2) is 60.7 Å². The minimum atomic E-state index is -1.25. The number of methoxy groups -OCH3 is 1. The summed E-state index contributed by atoms with van der Waals surface area (Å²) >= 11 is 0. The Balaban J connectivity index is 1.45. The van der Waals surface area contributed by atoms with Crippen LogP contribution in [0, 0.1) is 0 Å². The van der Waals surface area contributed by atoms with Gasteiger partial charge in [-0.1, -0.05) is 37.5 Å². The van der Waals surface area contributed by atoms with E-state index < -0.39 is 17.9 Å². The molecule has 1 saturated carbocycles. The van der Waals surface area contributed by atoms with Crippen molar-refractivity contribution < 1.29 is 29.3 Å². The normalized spacial score (nSPS) is 15.8. The van der Waals surface area contributed by atoms with E-state index >= 15 is 0 Å². The SMILES string of the molecule is COc1ccc2c(c1)OCCn1c-2c(C2CCCCC2)c2ccc(C(=O)N[C@H](C(=O)O)c3ccc(O)cc3)cc21. The number of fused-ring (bicyclic) bond motifs is 5. The van der Waals surface area contributed by atoms with Crippen molar-refractivity contribution >= 4 is 22.8 Å². The molecule has 0 radical (unpaired) electrons. The molecule has 40 heavy (non-hydrogen) atoms. The molecule has 2 aliphatic rings. The lowest BCUT2D eigenvalue weighted by Crippen LogP contribution is -2.33. The summed E-state index contributed by atoms with van der Waals surface area (Å²) in [7, 11) is 1.64. The number of nitrogens with one attached hydrogen (secondary N) is 1. The Bertz CT molecular complexity index is 1580. The van der Waals surface area contributed by atoms with Gasteiger partial charge in [-0.25, -0.2) is 4.79 Å². The molecular formula is C32H32N2O6. The third-order valence-electron chi connectivity index (χ3n) is 8.14. The Kier molecular flexibility index (Phi) is 6.84. The van der Waals surface area contributed by atoms with Gasteiger partial charge >= 0.3 is 5.97 Å². The van der Waals surface area contributed by atoms with E-state index in [0.717, 1.165) is 46.5 Å². The summed E-state index contributed by atoms with van der Waals surface area (Å²) in [4.78, 5) is 25.4. The maximum absolute atomic E-state index is 13.4. The van der Waals surface area contributed by atoms with Crippen LogP contribution in [0.4, 0.5) is 0 Å². The number of rotatable bonds is 6. The first-order chi connectivity index (χ1) is 19.4. The molecular weight excluding hydrogens is 508 g/mol. The summed E-state index contributed by atoms with van der Waals surface area (Å²) in [6, 6.07) is 16.1. The van der Waals surface area contributed by atoms with Gasteiger partial charge in [0.1, 0.15) is 23.9 Å². The highest BCUT2D eigenvalue weighted by atomic mass is 16.5. The third kappa shape index (κ3) is 4.63. The number of amides is 1. The number of carbonyl (C=O) groups is 2. The number of ether oxygens (including phenoxy) is 2. The summed E-state index contributed by atoms with van der Waals surface area (Å²) in [6.45, 7) is 1.09. The minimum Gasteiger partial charge on any atom is -0.508 e. The van der Waals surface area contributed by atoms with E-state index in [9.17, 15) is 19.8 Å². The van der Waals surface area contributed by atoms with Crippen molar-refractivity contribution in [3.63, 3.8) is 0 Å². The minimum absolute atomic E-state index is 0.0244. The van der Waals surface area contributed by atoms with E-state index in [0.29, 0.717) is 30.2 Å². The van der Waals surface area contributed by atoms with Gasteiger partial charge in [0, 0.05) is 28.1 Å². The van der Waals surface area contributed by atoms with Gasteiger partial charge in [0.2, 0.25) is 0 Å². The molecule has 6 rings (SSSR count). The molecule has 206 valence electrons. The predicted molar refractivity (Wildman–Crippen MR) is 151 cm³/mol. The van der Waals surface area contributed by atoms with E-state index in [1.807, 2.05) is 24.3 Å². The second-order valence-electron chi connectivity index (χ2n) is 10.5. The average molecular weight is 541 g/mol. The fraction of sp³-hybridized carbons (Fsp3) is 0.312. The Hall–Kier alpha value is -4.46. The maximum atomic E-state index is 13.4. The number of benzene rings is 3. The molecule has 1 amide bonds. The Morgan fingerprint density at radius 1 is 1.02 bits per heavy atom. The van der Waals surface area contributed by atoms with Crippen LogP contribution in [0.1, 0.15) is 65.5 Å². The molecule has 0 spiro atoms. The third-order valence-corrected chi connectivity index (χ3v) is 8.14. The molecule has 1 aromatic heterocycles. The van der Waals surface area contributed by atoms with E-state index in [1.165, 1.54) is 49.1 Å². The lowest BCUT2D eigenvalue weighted by Gasteiger charge is -2.23. The van der Waals surface area contributed by atoms with Crippen molar-refractivity contribution in [1.82, 2.24) is 9.88 Å². The molecule has 0 bridgehead atoms. The highest BCUT2D eigenvalue weighted by molar-refractivity contribution is 6.02. The summed E-state index contributed by atoms with van der Waals surface area (Å²) in [6.07, 6.45) is 5.87. The lowest BCUT2D eigenvalue weighted by molar-refractivity contribution is -0.139. The van der Waals surface area contributed by atoms with Crippen LogP contribution in [0.25, 0.3) is 22.2 Å². The van der Waals surface area contributed by atoms with Crippen molar-refractivity contribution in [2.45, 2.75) is 50.6 Å². The molecule has 1 atom stereocenters. The van der Waals surface area contributed by atoms with Gasteiger partial charge in [-0.3, -0.25) is 4.79 Å². The molecule has 1 aliphatic heterocycles. The number of aromatic nitrogens is 1. The number of aromatic hydroxyl groups is 1. The molecule has 2 heterocycles. The van der Waals surface area contributed by atoms with Crippen LogP contribution in [0.2, 0.25) is 0 Å². The zero-order chi connectivity index (χ0) is 27.8. The molecule has 8 heteroatoms. The quantitative estimate of drug-likeness (QED) is 0.276. The molecule has 3 N–H and O–H groups in total. The first-order valence-electron chi connectivity index (χ1n) is 13.7. The fourth-order valence-corrected chi connectivity index (χ4v) is 6.21. The number of phenols is 1. The van der Waals surface area contributed by atoms with Crippen molar-refractivity contribution in [1.29, 1.82) is 0 Å². The van der Waals surface area contributed by atoms with E-state index in [4.69, 9.17) is 9.47 Å². The van der Waals surface area contributed by atoms with Gasteiger partial charge in [0.25, 0.3) is 5.91 Å². The number of aliphatic carboxylic acids is 1. The van der Waals surface area contributed by atoms with Crippen molar-refractivity contribution in [3.05, 3.63) is 77.4 Å². The van der Waals surface area contributed by atoms with Gasteiger partial charge in [-0.05, 0) is 66.3 Å². The monoisotopic (exact) mass is 540 g/mol. The maximum Gasteiger partial charge on any atom is 0.330 e. The number of phenolic OH excluding ortho intramolecular Hbond substituents is 1. The molecule has 3 aromatic carbocycles. The van der Waals surface area contributed by atoms with Crippen LogP contribution in [0.5, 0.6) is 17.2 Å². The van der Waals surface area contributed by atoms with Gasteiger partial charge < -0.3 is 29.6 Å². The van der Waals surface area contributed by atoms with Crippen LogP contribution in [-0.4, -0.2) is 40.4 Å². The Morgan fingerprint density at radius 3 is 2.52 bits per heavy atom. The van der Waals surface area contributed by atoms with Gasteiger partial charge in [0.15, 0.2) is 6.04 Å². The first-order valence-corrected chi connectivity index (χ1v) is 13.7. The zero-order valence-corrected chi connectivity index (χ0v) is 22.4. The molecule has 0 unspecified atom stereocenters. The Morgan fingerprint density at radius 2 is 1.80 bits per heavy atom. The van der Waals surface area contributed by atoms with Gasteiger partial charge in [0.05, 0.1) is 19.3 Å². The van der Waals surface area contributed by atoms with Crippen LogP contribution in [-0.2, 0) is 11.3 Å². The van der Waals surface area contributed by atoms with E-state index in [1.54, 1.807) is 13.2 Å². The van der Waals surface area contributed by atoms with Crippen LogP contribution in [0.3, 0.4) is 0 Å². The van der Waals surface area contributed by atoms with Crippen molar-refractivity contribution in [3.8, 4) is 28.5 Å².